The summed E-state index contributed by atoms with van der Waals surface area (Å²) in [6.45, 7) is 7.53. The van der Waals surface area contributed by atoms with Crippen LogP contribution in [0, 0.1) is 5.92 Å². The normalized spacial score (nSPS) is 17.5. The summed E-state index contributed by atoms with van der Waals surface area (Å²) < 4.78 is 10.8. The SMILES string of the molecule is CCOC(=O)C1=C(C)N=C(C)C(C(=O)OCC)C1c1cccc(-c2nc(-c3ccccc3N)cs2)c1. The van der Waals surface area contributed by atoms with Crippen LogP contribution < -0.4 is 5.73 Å². The number of rotatable bonds is 7. The lowest BCUT2D eigenvalue weighted by Crippen LogP contribution is -2.36. The van der Waals surface area contributed by atoms with Crippen molar-refractivity contribution in [2.75, 3.05) is 18.9 Å². The van der Waals surface area contributed by atoms with Crippen LogP contribution in [0.3, 0.4) is 0 Å². The summed E-state index contributed by atoms with van der Waals surface area (Å²) in [5.41, 5.74) is 11.7. The molecule has 2 aromatic carbocycles. The maximum Gasteiger partial charge on any atom is 0.336 e. The van der Waals surface area contributed by atoms with E-state index >= 15 is 0 Å². The molecule has 2 unspecified atom stereocenters. The first-order chi connectivity index (χ1) is 17.3. The predicted octanol–water partition coefficient (Wildman–Crippen LogP) is 5.63. The first kappa shape index (κ1) is 25.3. The minimum Gasteiger partial charge on any atom is -0.465 e. The van der Waals surface area contributed by atoms with Crippen molar-refractivity contribution in [1.29, 1.82) is 0 Å². The van der Waals surface area contributed by atoms with Crippen LogP contribution in [-0.4, -0.2) is 35.8 Å². The lowest BCUT2D eigenvalue weighted by atomic mass is 9.75. The monoisotopic (exact) mass is 503 g/mol. The number of para-hydroxylation sites is 1. The summed E-state index contributed by atoms with van der Waals surface area (Å²) in [6, 6.07) is 15.4. The molecule has 2 N–H and O–H groups in total. The fraction of sp³-hybridized carbons (Fsp3) is 0.286. The van der Waals surface area contributed by atoms with Crippen molar-refractivity contribution in [2.24, 2.45) is 10.9 Å². The molecule has 2 heterocycles. The molecule has 0 fully saturated rings. The van der Waals surface area contributed by atoms with Gasteiger partial charge < -0.3 is 15.2 Å². The maximum atomic E-state index is 13.1. The van der Waals surface area contributed by atoms with Crippen LogP contribution in [0.2, 0.25) is 0 Å². The van der Waals surface area contributed by atoms with Crippen LogP contribution in [0.4, 0.5) is 5.69 Å². The number of carbonyl (C=O) groups is 2. The molecular weight excluding hydrogens is 474 g/mol. The Morgan fingerprint density at radius 1 is 1.03 bits per heavy atom. The van der Waals surface area contributed by atoms with Crippen molar-refractivity contribution >= 4 is 34.7 Å². The average molecular weight is 504 g/mol. The van der Waals surface area contributed by atoms with E-state index in [2.05, 4.69) is 4.99 Å². The average Bonchev–Trinajstić information content (AvgIpc) is 3.34. The van der Waals surface area contributed by atoms with E-state index in [0.29, 0.717) is 22.7 Å². The van der Waals surface area contributed by atoms with E-state index < -0.39 is 23.8 Å². The third-order valence-corrected chi connectivity index (χ3v) is 6.99. The number of esters is 2. The van der Waals surface area contributed by atoms with Crippen LogP contribution in [0.25, 0.3) is 21.8 Å². The molecule has 3 aromatic rings. The Bertz CT molecular complexity index is 1360. The molecule has 186 valence electrons. The van der Waals surface area contributed by atoms with Gasteiger partial charge in [-0.05, 0) is 45.4 Å². The van der Waals surface area contributed by atoms with Gasteiger partial charge in [-0.3, -0.25) is 9.79 Å². The molecule has 2 atom stereocenters. The zero-order chi connectivity index (χ0) is 25.8. The summed E-state index contributed by atoms with van der Waals surface area (Å²) in [7, 11) is 0. The standard InChI is InChI=1S/C28H29N3O4S/c1-5-34-27(32)23-16(3)30-17(4)24(28(33)35-6-2)25(23)18-10-9-11-19(14-18)26-31-22(15-36-26)20-12-7-8-13-21(20)29/h7-15,23,25H,5-6,29H2,1-4H3. The van der Waals surface area contributed by atoms with Crippen LogP contribution in [0.5, 0.6) is 0 Å². The number of aliphatic imine (C=N–C) groups is 1. The molecule has 0 spiro atoms. The lowest BCUT2D eigenvalue weighted by Gasteiger charge is -2.31. The molecule has 0 saturated carbocycles. The summed E-state index contributed by atoms with van der Waals surface area (Å²) >= 11 is 1.51. The van der Waals surface area contributed by atoms with Crippen molar-refractivity contribution in [2.45, 2.75) is 33.6 Å². The molecule has 1 aliphatic rings. The second-order valence-corrected chi connectivity index (χ2v) is 9.29. The zero-order valence-corrected chi connectivity index (χ0v) is 21.6. The van der Waals surface area contributed by atoms with Gasteiger partial charge in [0.25, 0.3) is 0 Å². The van der Waals surface area contributed by atoms with E-state index in [1.165, 1.54) is 11.3 Å². The van der Waals surface area contributed by atoms with Crippen LogP contribution in [-0.2, 0) is 19.1 Å². The Balaban J connectivity index is 1.79. The molecule has 0 radical (unpaired) electrons. The van der Waals surface area contributed by atoms with Gasteiger partial charge in [0.15, 0.2) is 0 Å². The van der Waals surface area contributed by atoms with Gasteiger partial charge in [0.1, 0.15) is 10.9 Å². The molecule has 0 amide bonds. The van der Waals surface area contributed by atoms with Gasteiger partial charge in [-0.2, -0.15) is 0 Å². The first-order valence-corrected chi connectivity index (χ1v) is 12.7. The largest absolute Gasteiger partial charge is 0.465 e. The number of nitrogens with zero attached hydrogens (tertiary/aromatic N) is 2. The molecule has 8 heteroatoms. The Morgan fingerprint density at radius 3 is 2.50 bits per heavy atom. The third-order valence-electron chi connectivity index (χ3n) is 6.10. The van der Waals surface area contributed by atoms with Gasteiger partial charge in [-0.1, -0.05) is 36.4 Å². The van der Waals surface area contributed by atoms with Gasteiger partial charge in [-0.15, -0.1) is 11.3 Å². The minimum absolute atomic E-state index is 0.222. The number of hydrogen-bond acceptors (Lipinski definition) is 8. The molecule has 1 aliphatic heterocycles. The van der Waals surface area contributed by atoms with E-state index in [9.17, 15) is 9.59 Å². The molecule has 36 heavy (non-hydrogen) atoms. The molecule has 0 bridgehead atoms. The first-order valence-electron chi connectivity index (χ1n) is 11.9. The Labute approximate surface area is 214 Å². The predicted molar refractivity (Wildman–Crippen MR) is 143 cm³/mol. The van der Waals surface area contributed by atoms with E-state index in [0.717, 1.165) is 27.4 Å². The summed E-state index contributed by atoms with van der Waals surface area (Å²) in [5, 5.41) is 2.78. The fourth-order valence-corrected chi connectivity index (χ4v) is 5.35. The molecule has 4 rings (SSSR count). The van der Waals surface area contributed by atoms with Gasteiger partial charge in [0.05, 0.1) is 24.5 Å². The van der Waals surface area contributed by atoms with Crippen molar-refractivity contribution < 1.29 is 19.1 Å². The number of nitrogens with two attached hydrogens (primary N) is 1. The maximum absolute atomic E-state index is 13.1. The van der Waals surface area contributed by atoms with Gasteiger partial charge in [0.2, 0.25) is 0 Å². The second-order valence-electron chi connectivity index (χ2n) is 8.43. The lowest BCUT2D eigenvalue weighted by molar-refractivity contribution is -0.146. The summed E-state index contributed by atoms with van der Waals surface area (Å²) in [4.78, 5) is 35.5. The number of nitrogen functional groups attached to an aromatic ring is 1. The van der Waals surface area contributed by atoms with E-state index in [4.69, 9.17) is 20.2 Å². The Morgan fingerprint density at radius 2 is 1.78 bits per heavy atom. The molecule has 1 aromatic heterocycles. The second kappa shape index (κ2) is 10.9. The number of aromatic nitrogens is 1. The Hall–Kier alpha value is -3.78. The number of allylic oxidation sites excluding steroid dienone is 1. The smallest absolute Gasteiger partial charge is 0.336 e. The van der Waals surface area contributed by atoms with Crippen molar-refractivity contribution in [3.8, 4) is 21.8 Å². The van der Waals surface area contributed by atoms with Crippen molar-refractivity contribution in [3.63, 3.8) is 0 Å². The van der Waals surface area contributed by atoms with Gasteiger partial charge in [0, 0.05) is 39.5 Å². The van der Waals surface area contributed by atoms with Gasteiger partial charge in [-0.25, -0.2) is 9.78 Å². The van der Waals surface area contributed by atoms with Crippen molar-refractivity contribution in [3.05, 3.63) is 70.7 Å². The highest BCUT2D eigenvalue weighted by Crippen LogP contribution is 2.41. The molecule has 7 nitrogen and oxygen atoms in total. The summed E-state index contributed by atoms with van der Waals surface area (Å²) in [5.74, 6) is -2.23. The number of anilines is 1. The highest BCUT2D eigenvalue weighted by atomic mass is 32.1. The Kier molecular flexibility index (Phi) is 7.64. The zero-order valence-electron chi connectivity index (χ0n) is 20.8. The number of thiazole rings is 1. The van der Waals surface area contributed by atoms with Crippen LogP contribution >= 0.6 is 11.3 Å². The molecule has 0 saturated heterocycles. The van der Waals surface area contributed by atoms with E-state index in [1.807, 2.05) is 53.9 Å². The molecular formula is C28H29N3O4S. The fourth-order valence-electron chi connectivity index (χ4n) is 4.53. The topological polar surface area (TPSA) is 104 Å². The van der Waals surface area contributed by atoms with Crippen LogP contribution in [0.15, 0.2) is 70.2 Å². The van der Waals surface area contributed by atoms with Crippen molar-refractivity contribution in [1.82, 2.24) is 4.98 Å². The quantitative estimate of drug-likeness (QED) is 0.331. The number of hydrogen-bond donors (Lipinski definition) is 1. The summed E-state index contributed by atoms with van der Waals surface area (Å²) in [6.07, 6.45) is 0. The number of benzene rings is 2. The minimum atomic E-state index is -0.737. The number of ether oxygens (including phenoxy) is 2. The number of carbonyl (C=O) groups excluding carboxylic acids is 2. The van der Waals surface area contributed by atoms with E-state index in [1.54, 1.807) is 27.7 Å². The highest BCUT2D eigenvalue weighted by Gasteiger charge is 2.42. The van der Waals surface area contributed by atoms with E-state index in [-0.39, 0.29) is 13.2 Å². The highest BCUT2D eigenvalue weighted by molar-refractivity contribution is 7.13. The third kappa shape index (κ3) is 4.95. The molecule has 0 aliphatic carbocycles. The van der Waals surface area contributed by atoms with Crippen LogP contribution in [0.1, 0.15) is 39.2 Å². The van der Waals surface area contributed by atoms with Gasteiger partial charge >= 0.3 is 11.9 Å².